The summed E-state index contributed by atoms with van der Waals surface area (Å²) in [4.78, 5) is 4.57. The van der Waals surface area contributed by atoms with Crippen LogP contribution in [0, 0.1) is 11.6 Å². The predicted molar refractivity (Wildman–Crippen MR) is 107 cm³/mol. The lowest BCUT2D eigenvalue weighted by Crippen LogP contribution is -2.39. The molecule has 0 radical (unpaired) electrons. The molecular formula is C16H26F2IN3S. The summed E-state index contributed by atoms with van der Waals surface area (Å²) in [6, 6.07) is 3.75. The highest BCUT2D eigenvalue weighted by Crippen LogP contribution is 2.21. The van der Waals surface area contributed by atoms with Gasteiger partial charge in [0.1, 0.15) is 0 Å². The lowest BCUT2D eigenvalue weighted by molar-refractivity contribution is 0.504. The van der Waals surface area contributed by atoms with E-state index in [4.69, 9.17) is 0 Å². The minimum atomic E-state index is -0.836. The number of nitrogens with one attached hydrogen (secondary N) is 2. The maximum atomic E-state index is 13.3. The largest absolute Gasteiger partial charge is 0.357 e. The number of benzene rings is 1. The van der Waals surface area contributed by atoms with E-state index in [1.54, 1.807) is 17.8 Å². The summed E-state index contributed by atoms with van der Waals surface area (Å²) < 4.78 is 26.4. The summed E-state index contributed by atoms with van der Waals surface area (Å²) >= 11 is 1.75. The third-order valence-corrected chi connectivity index (χ3v) is 4.55. The smallest absolute Gasteiger partial charge is 0.191 e. The monoisotopic (exact) mass is 457 g/mol. The molecule has 0 aliphatic heterocycles. The third kappa shape index (κ3) is 7.69. The highest BCUT2D eigenvalue weighted by atomic mass is 127. The van der Waals surface area contributed by atoms with Gasteiger partial charge in [-0.2, -0.15) is 11.8 Å². The Morgan fingerprint density at radius 1 is 1.30 bits per heavy atom. The van der Waals surface area contributed by atoms with E-state index in [0.29, 0.717) is 18.1 Å². The predicted octanol–water partition coefficient (Wildman–Crippen LogP) is 4.34. The summed E-state index contributed by atoms with van der Waals surface area (Å²) in [7, 11) is 0. The molecule has 0 spiro atoms. The molecule has 0 amide bonds. The average Bonchev–Trinajstić information content (AvgIpc) is 2.48. The van der Waals surface area contributed by atoms with Gasteiger partial charge in [0.25, 0.3) is 0 Å². The van der Waals surface area contributed by atoms with Gasteiger partial charge in [-0.1, -0.05) is 6.07 Å². The fraction of sp³-hybridized carbons (Fsp3) is 0.562. The number of guanidine groups is 1. The highest BCUT2D eigenvalue weighted by molar-refractivity contribution is 14.0. The van der Waals surface area contributed by atoms with E-state index in [1.807, 2.05) is 13.8 Å². The molecule has 1 rings (SSSR count). The maximum Gasteiger partial charge on any atom is 0.191 e. The molecule has 1 aromatic rings. The van der Waals surface area contributed by atoms with Gasteiger partial charge in [0.05, 0.1) is 12.6 Å². The van der Waals surface area contributed by atoms with Crippen LogP contribution in [0.3, 0.4) is 0 Å². The van der Waals surface area contributed by atoms with Gasteiger partial charge in [-0.3, -0.25) is 4.99 Å². The van der Waals surface area contributed by atoms with E-state index in [9.17, 15) is 8.78 Å². The molecule has 1 unspecified atom stereocenters. The molecule has 0 heterocycles. The summed E-state index contributed by atoms with van der Waals surface area (Å²) in [5, 5.41) is 6.39. The molecule has 23 heavy (non-hydrogen) atoms. The first-order chi connectivity index (χ1) is 10.3. The molecule has 0 aliphatic carbocycles. The molecule has 0 fully saturated rings. The van der Waals surface area contributed by atoms with Crippen LogP contribution in [0.1, 0.15) is 39.3 Å². The topological polar surface area (TPSA) is 36.4 Å². The standard InChI is InChI=1S/C16H25F2N3S.HI/c1-6-19-15(20-10-16(3,4)22-5)21-11(2)12-7-8-13(17)14(18)9-12;/h7-9,11H,6,10H2,1-5H3,(H2,19,20,21);1H. The van der Waals surface area contributed by atoms with Crippen LogP contribution in [0.25, 0.3) is 0 Å². The number of hydrogen-bond acceptors (Lipinski definition) is 2. The van der Waals surface area contributed by atoms with E-state index in [-0.39, 0.29) is 34.8 Å². The first-order valence-electron chi connectivity index (χ1n) is 7.34. The second-order valence-corrected chi connectivity index (χ2v) is 7.21. The van der Waals surface area contributed by atoms with Crippen LogP contribution < -0.4 is 10.6 Å². The minimum Gasteiger partial charge on any atom is -0.357 e. The van der Waals surface area contributed by atoms with Gasteiger partial charge in [-0.25, -0.2) is 8.78 Å². The van der Waals surface area contributed by atoms with Crippen LogP contribution in [0.15, 0.2) is 23.2 Å². The molecule has 2 N–H and O–H groups in total. The fourth-order valence-corrected chi connectivity index (χ4v) is 1.92. The van der Waals surface area contributed by atoms with Crippen LogP contribution in [0.4, 0.5) is 8.78 Å². The first kappa shape index (κ1) is 22.4. The van der Waals surface area contributed by atoms with Gasteiger partial charge < -0.3 is 10.6 Å². The van der Waals surface area contributed by atoms with E-state index < -0.39 is 11.6 Å². The molecule has 1 aromatic carbocycles. The Bertz CT molecular complexity index is 524. The van der Waals surface area contributed by atoms with Gasteiger partial charge in [0, 0.05) is 11.3 Å². The fourth-order valence-electron chi connectivity index (χ4n) is 1.72. The zero-order chi connectivity index (χ0) is 16.8. The van der Waals surface area contributed by atoms with Crippen LogP contribution in [0.5, 0.6) is 0 Å². The van der Waals surface area contributed by atoms with Crippen molar-refractivity contribution in [1.82, 2.24) is 10.6 Å². The van der Waals surface area contributed by atoms with E-state index in [1.165, 1.54) is 6.07 Å². The number of rotatable bonds is 6. The lowest BCUT2D eigenvalue weighted by Gasteiger charge is -2.22. The Morgan fingerprint density at radius 3 is 2.48 bits per heavy atom. The van der Waals surface area contributed by atoms with Crippen molar-refractivity contribution in [2.45, 2.75) is 38.5 Å². The van der Waals surface area contributed by atoms with Crippen molar-refractivity contribution in [3.63, 3.8) is 0 Å². The van der Waals surface area contributed by atoms with E-state index >= 15 is 0 Å². The maximum absolute atomic E-state index is 13.3. The summed E-state index contributed by atoms with van der Waals surface area (Å²) in [6.45, 7) is 9.52. The normalized spacial score (nSPS) is 13.3. The summed E-state index contributed by atoms with van der Waals surface area (Å²) in [6.07, 6.45) is 2.06. The van der Waals surface area contributed by atoms with Crippen LogP contribution in [-0.2, 0) is 0 Å². The number of hydrogen-bond donors (Lipinski definition) is 2. The van der Waals surface area contributed by atoms with Gasteiger partial charge in [-0.15, -0.1) is 24.0 Å². The molecular weight excluding hydrogens is 431 g/mol. The van der Waals surface area contributed by atoms with Crippen molar-refractivity contribution < 1.29 is 8.78 Å². The Hall–Kier alpha value is -0.570. The van der Waals surface area contributed by atoms with Crippen LogP contribution in [0.2, 0.25) is 0 Å². The van der Waals surface area contributed by atoms with E-state index in [2.05, 4.69) is 35.7 Å². The third-order valence-electron chi connectivity index (χ3n) is 3.31. The zero-order valence-corrected chi connectivity index (χ0v) is 17.4. The second kappa shape index (κ2) is 10.3. The molecule has 0 bridgehead atoms. The van der Waals surface area contributed by atoms with Crippen molar-refractivity contribution in [2.75, 3.05) is 19.3 Å². The van der Waals surface area contributed by atoms with Crippen molar-refractivity contribution >= 4 is 41.7 Å². The Labute approximate surface area is 159 Å². The molecule has 0 aromatic heterocycles. The van der Waals surface area contributed by atoms with Gasteiger partial charge in [0.15, 0.2) is 17.6 Å². The summed E-state index contributed by atoms with van der Waals surface area (Å²) in [5.41, 5.74) is 0.675. The van der Waals surface area contributed by atoms with Crippen molar-refractivity contribution in [3.05, 3.63) is 35.4 Å². The second-order valence-electron chi connectivity index (χ2n) is 5.70. The summed E-state index contributed by atoms with van der Waals surface area (Å²) in [5.74, 6) is -1.00. The minimum absolute atomic E-state index is 0. The molecule has 7 heteroatoms. The molecule has 1 atom stereocenters. The molecule has 3 nitrogen and oxygen atoms in total. The Kier molecular flexibility index (Phi) is 10.1. The lowest BCUT2D eigenvalue weighted by atomic mass is 10.1. The van der Waals surface area contributed by atoms with Gasteiger partial charge in [-0.05, 0) is 51.6 Å². The Morgan fingerprint density at radius 2 is 1.96 bits per heavy atom. The zero-order valence-electron chi connectivity index (χ0n) is 14.2. The van der Waals surface area contributed by atoms with Gasteiger partial charge in [0.2, 0.25) is 0 Å². The number of thioether (sulfide) groups is 1. The number of halogens is 3. The molecule has 0 aliphatic rings. The van der Waals surface area contributed by atoms with Gasteiger partial charge >= 0.3 is 0 Å². The first-order valence-corrected chi connectivity index (χ1v) is 8.56. The average molecular weight is 457 g/mol. The Balaban J connectivity index is 0.00000484. The van der Waals surface area contributed by atoms with E-state index in [0.717, 1.165) is 12.6 Å². The van der Waals surface area contributed by atoms with Crippen LogP contribution >= 0.6 is 35.7 Å². The van der Waals surface area contributed by atoms with Crippen molar-refractivity contribution in [2.24, 2.45) is 4.99 Å². The highest BCUT2D eigenvalue weighted by Gasteiger charge is 2.16. The number of nitrogens with zero attached hydrogens (tertiary/aromatic N) is 1. The quantitative estimate of drug-likeness (QED) is 0.379. The molecule has 0 saturated carbocycles. The molecule has 0 saturated heterocycles. The number of aliphatic imine (C=N–C) groups is 1. The SMILES string of the molecule is CCNC(=NCC(C)(C)SC)NC(C)c1ccc(F)c(F)c1.I. The van der Waals surface area contributed by atoms with Crippen molar-refractivity contribution in [3.8, 4) is 0 Å². The molecule has 132 valence electrons. The van der Waals surface area contributed by atoms with Crippen molar-refractivity contribution in [1.29, 1.82) is 0 Å². The van der Waals surface area contributed by atoms with Crippen LogP contribution in [-0.4, -0.2) is 30.1 Å².